The third kappa shape index (κ3) is 1.07. The highest BCUT2D eigenvalue weighted by Crippen LogP contribution is 2.25. The van der Waals surface area contributed by atoms with Crippen LogP contribution in [0.25, 0.3) is 0 Å². The van der Waals surface area contributed by atoms with Crippen LogP contribution in [-0.4, -0.2) is 17.3 Å². The van der Waals surface area contributed by atoms with Crippen molar-refractivity contribution in [1.82, 2.24) is 5.32 Å². The van der Waals surface area contributed by atoms with Crippen LogP contribution in [0.3, 0.4) is 0 Å². The summed E-state index contributed by atoms with van der Waals surface area (Å²) in [6, 6.07) is 0. The van der Waals surface area contributed by atoms with Gasteiger partial charge in [-0.2, -0.15) is 0 Å². The highest BCUT2D eigenvalue weighted by molar-refractivity contribution is 5.69. The molecule has 1 aliphatic carbocycles. The lowest BCUT2D eigenvalue weighted by molar-refractivity contribution is 0.197. The van der Waals surface area contributed by atoms with Crippen LogP contribution >= 0.6 is 0 Å². The first kappa shape index (κ1) is 6.97. The van der Waals surface area contributed by atoms with E-state index in [1.165, 1.54) is 0 Å². The number of allylic oxidation sites excluding steroid dienone is 1. The molecule has 1 heterocycles. The van der Waals surface area contributed by atoms with Crippen LogP contribution in [0.4, 0.5) is 4.79 Å². The van der Waals surface area contributed by atoms with Gasteiger partial charge < -0.3 is 9.84 Å². The van der Waals surface area contributed by atoms with Crippen molar-refractivity contribution in [2.24, 2.45) is 0 Å². The lowest BCUT2D eigenvalue weighted by Crippen LogP contribution is -2.18. The van der Waals surface area contributed by atoms with Crippen molar-refractivity contribution in [3.63, 3.8) is 0 Å². The van der Waals surface area contributed by atoms with Gasteiger partial charge in [-0.15, -0.1) is 0 Å². The molecule has 0 radical (unpaired) electrons. The topological polar surface area (TPSA) is 58.6 Å². The minimum atomic E-state index is -1.05. The second-order valence-corrected chi connectivity index (χ2v) is 2.56. The maximum atomic E-state index is 10.2. The minimum Gasteiger partial charge on any atom is -0.489 e. The SMILES string of the molecule is O=C(O)NC1=CC2OC=CC2=C1. The fourth-order valence-electron chi connectivity index (χ4n) is 1.23. The number of rotatable bonds is 1. The van der Waals surface area contributed by atoms with Crippen LogP contribution in [0.5, 0.6) is 0 Å². The number of ether oxygens (including phenoxy) is 1. The molecular formula is C8H7NO3. The lowest BCUT2D eigenvalue weighted by atomic mass is 10.2. The van der Waals surface area contributed by atoms with Crippen LogP contribution in [-0.2, 0) is 4.74 Å². The van der Waals surface area contributed by atoms with Crippen molar-refractivity contribution in [1.29, 1.82) is 0 Å². The fourth-order valence-corrected chi connectivity index (χ4v) is 1.23. The summed E-state index contributed by atoms with van der Waals surface area (Å²) in [6.45, 7) is 0. The predicted molar refractivity (Wildman–Crippen MR) is 41.3 cm³/mol. The molecule has 1 unspecified atom stereocenters. The molecule has 2 aliphatic rings. The standard InChI is InChI=1S/C8H7NO3/c10-8(11)9-6-3-5-1-2-12-7(5)4-6/h1-4,7,9H,(H,10,11). The summed E-state index contributed by atoms with van der Waals surface area (Å²) in [4.78, 5) is 10.2. The van der Waals surface area contributed by atoms with Gasteiger partial charge in [-0.25, -0.2) is 4.79 Å². The Balaban J connectivity index is 2.12. The van der Waals surface area contributed by atoms with Crippen molar-refractivity contribution in [3.8, 4) is 0 Å². The zero-order valence-electron chi connectivity index (χ0n) is 6.15. The van der Waals surface area contributed by atoms with Crippen LogP contribution in [0.15, 0.2) is 35.8 Å². The van der Waals surface area contributed by atoms with E-state index >= 15 is 0 Å². The Labute approximate surface area is 68.8 Å². The summed E-state index contributed by atoms with van der Waals surface area (Å²) < 4.78 is 5.13. The normalized spacial score (nSPS) is 24.2. The Bertz CT molecular complexity index is 314. The number of hydrogen-bond acceptors (Lipinski definition) is 2. The molecule has 1 amide bonds. The van der Waals surface area contributed by atoms with Crippen LogP contribution in [0, 0.1) is 0 Å². The summed E-state index contributed by atoms with van der Waals surface area (Å²) in [6.07, 6.45) is 5.75. The van der Waals surface area contributed by atoms with E-state index in [9.17, 15) is 4.79 Å². The van der Waals surface area contributed by atoms with E-state index in [1.807, 2.05) is 6.08 Å². The average molecular weight is 165 g/mol. The summed E-state index contributed by atoms with van der Waals surface area (Å²) in [5.74, 6) is 0. The number of nitrogens with one attached hydrogen (secondary N) is 1. The van der Waals surface area contributed by atoms with Crippen LogP contribution in [0.2, 0.25) is 0 Å². The molecule has 1 aliphatic heterocycles. The molecule has 4 heteroatoms. The zero-order chi connectivity index (χ0) is 8.55. The third-order valence-electron chi connectivity index (χ3n) is 1.72. The van der Waals surface area contributed by atoms with E-state index in [1.54, 1.807) is 18.4 Å². The Hall–Kier alpha value is -1.71. The quantitative estimate of drug-likeness (QED) is 0.609. The molecule has 0 fully saturated rings. The van der Waals surface area contributed by atoms with Gasteiger partial charge in [0.25, 0.3) is 0 Å². The Kier molecular flexibility index (Phi) is 1.40. The molecule has 0 aromatic heterocycles. The number of amides is 1. The van der Waals surface area contributed by atoms with E-state index in [4.69, 9.17) is 9.84 Å². The van der Waals surface area contributed by atoms with Gasteiger partial charge in [0, 0.05) is 11.3 Å². The van der Waals surface area contributed by atoms with Gasteiger partial charge in [0.05, 0.1) is 6.26 Å². The van der Waals surface area contributed by atoms with Gasteiger partial charge in [-0.1, -0.05) is 0 Å². The highest BCUT2D eigenvalue weighted by atomic mass is 16.5. The van der Waals surface area contributed by atoms with E-state index in [2.05, 4.69) is 5.32 Å². The largest absolute Gasteiger partial charge is 0.489 e. The molecule has 0 spiro atoms. The molecule has 0 saturated carbocycles. The van der Waals surface area contributed by atoms with Crippen LogP contribution < -0.4 is 5.32 Å². The smallest absolute Gasteiger partial charge is 0.409 e. The molecule has 0 aromatic rings. The average Bonchev–Trinajstić information content (AvgIpc) is 2.43. The molecule has 2 N–H and O–H groups in total. The summed E-state index contributed by atoms with van der Waals surface area (Å²) >= 11 is 0. The Morgan fingerprint density at radius 2 is 2.50 bits per heavy atom. The Morgan fingerprint density at radius 3 is 3.17 bits per heavy atom. The molecule has 0 bridgehead atoms. The van der Waals surface area contributed by atoms with Gasteiger partial charge in [0.15, 0.2) is 0 Å². The van der Waals surface area contributed by atoms with Crippen molar-refractivity contribution in [2.75, 3.05) is 0 Å². The second kappa shape index (κ2) is 2.41. The summed E-state index contributed by atoms with van der Waals surface area (Å²) in [5, 5.41) is 10.7. The van der Waals surface area contributed by atoms with Crippen molar-refractivity contribution in [3.05, 3.63) is 35.8 Å². The lowest BCUT2D eigenvalue weighted by Gasteiger charge is -2.00. The number of carboxylic acid groups (broad SMARTS) is 1. The van der Waals surface area contributed by atoms with Gasteiger partial charge >= 0.3 is 6.09 Å². The minimum absolute atomic E-state index is 0.0909. The molecule has 62 valence electrons. The summed E-state index contributed by atoms with van der Waals surface area (Å²) in [5.41, 5.74) is 1.56. The fraction of sp³-hybridized carbons (Fsp3) is 0.125. The zero-order valence-corrected chi connectivity index (χ0v) is 6.15. The molecule has 1 atom stereocenters. The molecule has 0 aromatic carbocycles. The maximum absolute atomic E-state index is 10.2. The maximum Gasteiger partial charge on any atom is 0.409 e. The molecule has 0 saturated heterocycles. The molecular weight excluding hydrogens is 158 g/mol. The summed E-state index contributed by atoms with van der Waals surface area (Å²) in [7, 11) is 0. The first-order valence-electron chi connectivity index (χ1n) is 3.51. The van der Waals surface area contributed by atoms with Gasteiger partial charge in [0.1, 0.15) is 6.10 Å². The van der Waals surface area contributed by atoms with E-state index in [0.29, 0.717) is 5.70 Å². The number of fused-ring (bicyclic) bond motifs is 1. The monoisotopic (exact) mass is 165 g/mol. The van der Waals surface area contributed by atoms with Crippen molar-refractivity contribution < 1.29 is 14.6 Å². The van der Waals surface area contributed by atoms with E-state index in [-0.39, 0.29) is 6.10 Å². The van der Waals surface area contributed by atoms with Crippen LogP contribution in [0.1, 0.15) is 0 Å². The van der Waals surface area contributed by atoms with Gasteiger partial charge in [-0.3, -0.25) is 5.32 Å². The number of hydrogen-bond donors (Lipinski definition) is 2. The first-order chi connectivity index (χ1) is 5.75. The molecule has 12 heavy (non-hydrogen) atoms. The van der Waals surface area contributed by atoms with E-state index in [0.717, 1.165) is 5.57 Å². The van der Waals surface area contributed by atoms with Gasteiger partial charge in [-0.05, 0) is 18.2 Å². The Morgan fingerprint density at radius 1 is 1.67 bits per heavy atom. The second-order valence-electron chi connectivity index (χ2n) is 2.56. The molecule has 2 rings (SSSR count). The van der Waals surface area contributed by atoms with Crippen molar-refractivity contribution >= 4 is 6.09 Å². The predicted octanol–water partition coefficient (Wildman–Crippen LogP) is 0.990. The third-order valence-corrected chi connectivity index (χ3v) is 1.72. The number of carbonyl (C=O) groups is 1. The first-order valence-corrected chi connectivity index (χ1v) is 3.51. The highest BCUT2D eigenvalue weighted by Gasteiger charge is 2.21. The molecule has 4 nitrogen and oxygen atoms in total. The van der Waals surface area contributed by atoms with Gasteiger partial charge in [0.2, 0.25) is 0 Å². The van der Waals surface area contributed by atoms with E-state index < -0.39 is 6.09 Å². The van der Waals surface area contributed by atoms with Crippen molar-refractivity contribution in [2.45, 2.75) is 6.10 Å².